The third-order valence-corrected chi connectivity index (χ3v) is 8.23. The number of amides is 2. The van der Waals surface area contributed by atoms with Crippen LogP contribution in [0.4, 0.5) is 0 Å². The van der Waals surface area contributed by atoms with Crippen molar-refractivity contribution in [3.05, 3.63) is 12.2 Å². The van der Waals surface area contributed by atoms with Gasteiger partial charge in [0.25, 0.3) is 0 Å². The lowest BCUT2D eigenvalue weighted by molar-refractivity contribution is -0.176. The number of likely N-dealkylation sites (tertiary alicyclic amines) is 1. The Morgan fingerprint density at radius 3 is 2.30 bits per heavy atom. The molecule has 3 fully saturated rings. The van der Waals surface area contributed by atoms with Crippen LogP contribution in [0.2, 0.25) is 0 Å². The number of rotatable bonds is 6. The van der Waals surface area contributed by atoms with E-state index in [9.17, 15) is 9.59 Å². The van der Waals surface area contributed by atoms with Crippen molar-refractivity contribution in [3.63, 3.8) is 0 Å². The molecule has 4 aliphatic rings. The van der Waals surface area contributed by atoms with Gasteiger partial charge in [0.2, 0.25) is 11.8 Å². The van der Waals surface area contributed by atoms with Crippen LogP contribution in [0.25, 0.3) is 0 Å². The zero-order valence-corrected chi connectivity index (χ0v) is 20.9. The van der Waals surface area contributed by atoms with Gasteiger partial charge in [0.15, 0.2) is 5.96 Å². The van der Waals surface area contributed by atoms with Crippen LogP contribution in [0, 0.1) is 29.1 Å². The number of guanidine groups is 1. The Kier molecular flexibility index (Phi) is 6.59. The Bertz CT molecular complexity index is 737. The van der Waals surface area contributed by atoms with E-state index in [1.807, 2.05) is 0 Å². The zero-order chi connectivity index (χ0) is 21.0. The Labute approximate surface area is 196 Å². The van der Waals surface area contributed by atoms with Crippen LogP contribution >= 0.6 is 24.0 Å². The summed E-state index contributed by atoms with van der Waals surface area (Å²) >= 11 is 0. The van der Waals surface area contributed by atoms with Crippen molar-refractivity contribution in [3.8, 4) is 0 Å². The van der Waals surface area contributed by atoms with E-state index in [1.54, 1.807) is 14.2 Å². The highest BCUT2D eigenvalue weighted by molar-refractivity contribution is 14.0. The fourth-order valence-corrected chi connectivity index (χ4v) is 5.71. The minimum absolute atomic E-state index is 0. The molecule has 168 valence electrons. The average molecular weight is 530 g/mol. The first-order valence-electron chi connectivity index (χ1n) is 10.8. The topological polar surface area (TPSA) is 83.0 Å². The molecule has 7 nitrogen and oxygen atoms in total. The van der Waals surface area contributed by atoms with Crippen LogP contribution in [0.1, 0.15) is 40.0 Å². The van der Waals surface area contributed by atoms with Crippen LogP contribution in [0.15, 0.2) is 17.1 Å². The smallest absolute Gasteiger partial charge is 0.233 e. The maximum Gasteiger partial charge on any atom is 0.233 e. The molecule has 1 saturated heterocycles. The first-order valence-corrected chi connectivity index (χ1v) is 10.8. The van der Waals surface area contributed by atoms with E-state index in [-0.39, 0.29) is 76.5 Å². The molecule has 2 amide bonds. The number of carbonyl (C=O) groups excluding carboxylic acids is 2. The summed E-state index contributed by atoms with van der Waals surface area (Å²) in [6.07, 6.45) is 6.88. The van der Waals surface area contributed by atoms with E-state index in [0.29, 0.717) is 19.5 Å². The highest BCUT2D eigenvalue weighted by Gasteiger charge is 2.59. The summed E-state index contributed by atoms with van der Waals surface area (Å²) in [5.74, 6) is 1.17. The third-order valence-electron chi connectivity index (χ3n) is 8.23. The summed E-state index contributed by atoms with van der Waals surface area (Å²) < 4.78 is 5.69. The van der Waals surface area contributed by atoms with E-state index >= 15 is 0 Å². The number of fused-ring (bicyclic) bond motifs is 5. The predicted molar refractivity (Wildman–Crippen MR) is 127 cm³/mol. The number of nitrogens with zero attached hydrogens (tertiary/aromatic N) is 2. The number of hydrogen-bond donors (Lipinski definition) is 2. The molecular formula is C22H35IN4O3. The molecule has 1 aliphatic heterocycles. The van der Waals surface area contributed by atoms with Crippen molar-refractivity contribution >= 4 is 41.8 Å². The highest BCUT2D eigenvalue weighted by Crippen LogP contribution is 2.53. The molecule has 0 aromatic heterocycles. The summed E-state index contributed by atoms with van der Waals surface area (Å²) in [6, 6.07) is 0.280. The fourth-order valence-electron chi connectivity index (χ4n) is 5.71. The van der Waals surface area contributed by atoms with Crippen molar-refractivity contribution < 1.29 is 14.3 Å². The monoisotopic (exact) mass is 530 g/mol. The normalized spacial score (nSPS) is 38.4. The van der Waals surface area contributed by atoms with E-state index in [0.717, 1.165) is 18.8 Å². The predicted octanol–water partition coefficient (Wildman–Crippen LogP) is 2.17. The standard InChI is InChI=1S/C22H34N4O3.HI/c1-21(2)15(12-22(21,3)29-5)25-20(23-4)24-9-6-10-26-18(27)16-13-7-8-14(11-13)17(16)19(26)28;/h7-8,13-17H,6,9-12H2,1-5H3,(H2,23,24,25);1H. The summed E-state index contributed by atoms with van der Waals surface area (Å²) in [5.41, 5.74) is -0.134. The van der Waals surface area contributed by atoms with Gasteiger partial charge in [-0.25, -0.2) is 0 Å². The number of hydrogen-bond acceptors (Lipinski definition) is 4. The number of aliphatic imine (C=N–C) groups is 1. The molecule has 1 heterocycles. The molecule has 8 heteroatoms. The lowest BCUT2D eigenvalue weighted by Gasteiger charge is -2.59. The fraction of sp³-hybridized carbons (Fsp3) is 0.773. The van der Waals surface area contributed by atoms with E-state index in [2.05, 4.69) is 48.5 Å². The van der Waals surface area contributed by atoms with E-state index < -0.39 is 0 Å². The molecule has 2 bridgehead atoms. The molecule has 0 aromatic rings. The Morgan fingerprint density at radius 1 is 1.20 bits per heavy atom. The largest absolute Gasteiger partial charge is 0.378 e. The lowest BCUT2D eigenvalue weighted by Crippen LogP contribution is -2.69. The molecule has 0 aromatic carbocycles. The lowest BCUT2D eigenvalue weighted by atomic mass is 9.56. The minimum atomic E-state index is -0.133. The van der Waals surface area contributed by atoms with Gasteiger partial charge in [-0.15, -0.1) is 24.0 Å². The molecule has 2 saturated carbocycles. The molecule has 6 atom stereocenters. The number of nitrogens with one attached hydrogen (secondary N) is 2. The summed E-state index contributed by atoms with van der Waals surface area (Å²) in [5, 5.41) is 6.81. The molecular weight excluding hydrogens is 495 g/mol. The number of methoxy groups -OCH3 is 1. The van der Waals surface area contributed by atoms with Gasteiger partial charge in [-0.3, -0.25) is 19.5 Å². The van der Waals surface area contributed by atoms with Crippen molar-refractivity contribution in [2.45, 2.75) is 51.7 Å². The average Bonchev–Trinajstić information content (AvgIpc) is 3.38. The van der Waals surface area contributed by atoms with Gasteiger partial charge in [0.05, 0.1) is 17.4 Å². The second kappa shape index (κ2) is 8.41. The second-order valence-corrected chi connectivity index (χ2v) is 9.74. The molecule has 0 radical (unpaired) electrons. The molecule has 2 N–H and O–H groups in total. The van der Waals surface area contributed by atoms with Crippen LogP contribution < -0.4 is 10.6 Å². The van der Waals surface area contributed by atoms with Crippen molar-refractivity contribution in [2.75, 3.05) is 27.2 Å². The number of allylic oxidation sites excluding steroid dienone is 2. The highest BCUT2D eigenvalue weighted by atomic mass is 127. The number of carbonyl (C=O) groups is 2. The van der Waals surface area contributed by atoms with Gasteiger partial charge in [-0.2, -0.15) is 0 Å². The molecule has 4 rings (SSSR count). The van der Waals surface area contributed by atoms with Crippen LogP contribution in [-0.2, 0) is 14.3 Å². The summed E-state index contributed by atoms with van der Waals surface area (Å²) in [7, 11) is 3.52. The van der Waals surface area contributed by atoms with Gasteiger partial charge < -0.3 is 15.4 Å². The van der Waals surface area contributed by atoms with Gasteiger partial charge in [0.1, 0.15) is 0 Å². The van der Waals surface area contributed by atoms with Crippen molar-refractivity contribution in [1.29, 1.82) is 0 Å². The summed E-state index contributed by atoms with van der Waals surface area (Å²) in [4.78, 5) is 31.3. The Hall–Kier alpha value is -1.16. The molecule has 0 spiro atoms. The number of imide groups is 1. The van der Waals surface area contributed by atoms with Gasteiger partial charge >= 0.3 is 0 Å². The molecule has 30 heavy (non-hydrogen) atoms. The van der Waals surface area contributed by atoms with Crippen molar-refractivity contribution in [2.24, 2.45) is 34.1 Å². The van der Waals surface area contributed by atoms with E-state index in [1.165, 1.54) is 4.90 Å². The number of halogens is 1. The zero-order valence-electron chi connectivity index (χ0n) is 18.6. The maximum absolute atomic E-state index is 12.7. The van der Waals surface area contributed by atoms with Crippen molar-refractivity contribution in [1.82, 2.24) is 15.5 Å². The van der Waals surface area contributed by atoms with Gasteiger partial charge in [0, 0.05) is 38.7 Å². The van der Waals surface area contributed by atoms with Crippen LogP contribution in [0.5, 0.6) is 0 Å². The molecule has 6 unspecified atom stereocenters. The van der Waals surface area contributed by atoms with E-state index in [4.69, 9.17) is 4.74 Å². The summed E-state index contributed by atoms with van der Waals surface area (Å²) in [6.45, 7) is 7.68. The SMILES string of the molecule is CN=C(NCCCN1C(=O)C2C3C=CC(C3)C2C1=O)NC1CC(C)(OC)C1(C)C.I. The van der Waals surface area contributed by atoms with Crippen LogP contribution in [-0.4, -0.2) is 61.6 Å². The number of ether oxygens (including phenoxy) is 1. The first kappa shape index (κ1) is 23.5. The Morgan fingerprint density at radius 2 is 1.80 bits per heavy atom. The van der Waals surface area contributed by atoms with Crippen LogP contribution in [0.3, 0.4) is 0 Å². The quantitative estimate of drug-likeness (QED) is 0.137. The van der Waals surface area contributed by atoms with Gasteiger partial charge in [-0.1, -0.05) is 26.0 Å². The third kappa shape index (κ3) is 3.47. The van der Waals surface area contributed by atoms with Gasteiger partial charge in [-0.05, 0) is 38.0 Å². The maximum atomic E-state index is 12.7. The second-order valence-electron chi connectivity index (χ2n) is 9.74. The molecule has 3 aliphatic carbocycles. The first-order chi connectivity index (χ1) is 13.7. The minimum Gasteiger partial charge on any atom is -0.378 e. The Balaban J connectivity index is 0.00000256.